The number of rotatable bonds is 5. The lowest BCUT2D eigenvalue weighted by molar-refractivity contribution is 0.0936. The van der Waals surface area contributed by atoms with Crippen LogP contribution in [0, 0.1) is 12.3 Å². The van der Waals surface area contributed by atoms with Crippen LogP contribution in [0.3, 0.4) is 0 Å². The van der Waals surface area contributed by atoms with Crippen molar-refractivity contribution in [1.82, 2.24) is 5.32 Å². The van der Waals surface area contributed by atoms with E-state index < -0.39 is 10.0 Å². The summed E-state index contributed by atoms with van der Waals surface area (Å²) >= 11 is 0. The van der Waals surface area contributed by atoms with Crippen LogP contribution in [0.2, 0.25) is 0 Å². The van der Waals surface area contributed by atoms with E-state index >= 15 is 0 Å². The number of carbonyl (C=O) groups is 1. The number of amides is 1. The fraction of sp³-hybridized carbons (Fsp3) is 0.308. The van der Waals surface area contributed by atoms with Crippen molar-refractivity contribution in [2.24, 2.45) is 5.14 Å². The molecule has 0 saturated heterocycles. The highest BCUT2D eigenvalue weighted by atomic mass is 32.2. The molecule has 0 aliphatic rings. The Kier molecular flexibility index (Phi) is 5.10. The zero-order chi connectivity index (χ0) is 14.5. The minimum Gasteiger partial charge on any atom is -0.348 e. The third-order valence-corrected chi connectivity index (χ3v) is 3.57. The lowest BCUT2D eigenvalue weighted by Gasteiger charge is -2.14. The Morgan fingerprint density at radius 1 is 1.42 bits per heavy atom. The second kappa shape index (κ2) is 6.36. The van der Waals surface area contributed by atoms with Gasteiger partial charge in [-0.05, 0) is 30.7 Å². The molecule has 1 unspecified atom stereocenters. The summed E-state index contributed by atoms with van der Waals surface area (Å²) in [7, 11) is -3.74. The Morgan fingerprint density at radius 3 is 2.42 bits per heavy atom. The normalized spacial score (nSPS) is 12.5. The molecule has 0 spiro atoms. The van der Waals surface area contributed by atoms with Crippen LogP contribution in [0.25, 0.3) is 0 Å². The molecular weight excluding hydrogens is 264 g/mol. The fourth-order valence-corrected chi connectivity index (χ4v) is 2.02. The molecule has 0 radical (unpaired) electrons. The van der Waals surface area contributed by atoms with Crippen LogP contribution in [0.1, 0.15) is 30.1 Å². The molecule has 6 heteroatoms. The molecule has 0 heterocycles. The molecular formula is C13H16N2O3S. The molecule has 0 aliphatic heterocycles. The van der Waals surface area contributed by atoms with Gasteiger partial charge >= 0.3 is 0 Å². The van der Waals surface area contributed by atoms with Crippen LogP contribution in [-0.4, -0.2) is 20.4 Å². The van der Waals surface area contributed by atoms with Gasteiger partial charge in [-0.1, -0.05) is 6.92 Å². The number of carbonyl (C=O) groups excluding carboxylic acids is 1. The number of hydrogen-bond acceptors (Lipinski definition) is 3. The van der Waals surface area contributed by atoms with E-state index in [1.54, 1.807) is 0 Å². The van der Waals surface area contributed by atoms with E-state index in [4.69, 9.17) is 11.6 Å². The third kappa shape index (κ3) is 4.39. The van der Waals surface area contributed by atoms with Crippen molar-refractivity contribution in [2.45, 2.75) is 30.7 Å². The molecule has 19 heavy (non-hydrogen) atoms. The molecule has 0 aromatic heterocycles. The van der Waals surface area contributed by atoms with Crippen LogP contribution in [0.15, 0.2) is 29.2 Å². The minimum atomic E-state index is -3.74. The molecule has 1 atom stereocenters. The maximum atomic E-state index is 11.9. The van der Waals surface area contributed by atoms with E-state index in [2.05, 4.69) is 11.2 Å². The van der Waals surface area contributed by atoms with E-state index in [9.17, 15) is 13.2 Å². The standard InChI is InChI=1S/C13H16N2O3S/c1-3-5-11(4-2)15-13(16)10-6-8-12(9-7-10)19(14,17)18/h1,6-9,11H,4-5H2,2H3,(H,15,16)(H2,14,17,18). The van der Waals surface area contributed by atoms with Gasteiger partial charge in [0.1, 0.15) is 0 Å². The van der Waals surface area contributed by atoms with Gasteiger partial charge in [-0.3, -0.25) is 4.79 Å². The highest BCUT2D eigenvalue weighted by Crippen LogP contribution is 2.09. The number of nitrogens with two attached hydrogens (primary N) is 1. The maximum Gasteiger partial charge on any atom is 0.251 e. The zero-order valence-corrected chi connectivity index (χ0v) is 11.4. The predicted octanol–water partition coefficient (Wildman–Crippen LogP) is 0.866. The Balaban J connectivity index is 2.82. The van der Waals surface area contributed by atoms with Crippen molar-refractivity contribution in [3.05, 3.63) is 29.8 Å². The number of hydrogen-bond donors (Lipinski definition) is 2. The van der Waals surface area contributed by atoms with E-state index in [0.29, 0.717) is 12.0 Å². The maximum absolute atomic E-state index is 11.9. The molecule has 0 bridgehead atoms. The van der Waals surface area contributed by atoms with Crippen LogP contribution in [0.5, 0.6) is 0 Å². The van der Waals surface area contributed by atoms with Crippen molar-refractivity contribution >= 4 is 15.9 Å². The van der Waals surface area contributed by atoms with Crippen LogP contribution < -0.4 is 10.5 Å². The number of nitrogens with one attached hydrogen (secondary N) is 1. The van der Waals surface area contributed by atoms with Gasteiger partial charge in [0.25, 0.3) is 5.91 Å². The number of sulfonamides is 1. The topological polar surface area (TPSA) is 89.3 Å². The van der Waals surface area contributed by atoms with Gasteiger partial charge in [-0.15, -0.1) is 12.3 Å². The molecule has 1 aromatic carbocycles. The van der Waals surface area contributed by atoms with Crippen molar-refractivity contribution in [3.8, 4) is 12.3 Å². The van der Waals surface area contributed by atoms with Crippen LogP contribution >= 0.6 is 0 Å². The second-order valence-electron chi connectivity index (χ2n) is 4.06. The third-order valence-electron chi connectivity index (χ3n) is 2.64. The molecule has 0 aliphatic carbocycles. The van der Waals surface area contributed by atoms with E-state index in [0.717, 1.165) is 6.42 Å². The van der Waals surface area contributed by atoms with Gasteiger partial charge in [-0.2, -0.15) is 0 Å². The summed E-state index contributed by atoms with van der Waals surface area (Å²) in [5.74, 6) is 2.21. The molecule has 3 N–H and O–H groups in total. The molecule has 102 valence electrons. The number of benzene rings is 1. The smallest absolute Gasteiger partial charge is 0.251 e. The Labute approximate surface area is 113 Å². The molecule has 1 rings (SSSR count). The Hall–Kier alpha value is -1.84. The van der Waals surface area contributed by atoms with Gasteiger partial charge < -0.3 is 5.32 Å². The summed E-state index contributed by atoms with van der Waals surface area (Å²) in [6.07, 6.45) is 6.39. The van der Waals surface area contributed by atoms with Crippen LogP contribution in [-0.2, 0) is 10.0 Å². The lowest BCUT2D eigenvalue weighted by atomic mass is 10.1. The predicted molar refractivity (Wildman–Crippen MR) is 72.8 cm³/mol. The fourth-order valence-electron chi connectivity index (χ4n) is 1.50. The summed E-state index contributed by atoms with van der Waals surface area (Å²) in [5, 5.41) is 7.75. The number of terminal acetylenes is 1. The molecule has 5 nitrogen and oxygen atoms in total. The first-order valence-corrected chi connectivity index (χ1v) is 7.30. The first-order chi connectivity index (χ1) is 8.88. The SMILES string of the molecule is C#CCC(CC)NC(=O)c1ccc(S(N)(=O)=O)cc1. The van der Waals surface area contributed by atoms with Gasteiger partial charge in [0.2, 0.25) is 10.0 Å². The van der Waals surface area contributed by atoms with Gasteiger partial charge in [-0.25, -0.2) is 13.6 Å². The van der Waals surface area contributed by atoms with E-state index in [-0.39, 0.29) is 16.8 Å². The Morgan fingerprint density at radius 2 is 2.00 bits per heavy atom. The second-order valence-corrected chi connectivity index (χ2v) is 5.62. The summed E-state index contributed by atoms with van der Waals surface area (Å²) in [6, 6.07) is 5.34. The van der Waals surface area contributed by atoms with Crippen molar-refractivity contribution in [3.63, 3.8) is 0 Å². The van der Waals surface area contributed by atoms with Gasteiger partial charge in [0, 0.05) is 18.0 Å². The quantitative estimate of drug-likeness (QED) is 0.784. The molecule has 0 saturated carbocycles. The van der Waals surface area contributed by atoms with E-state index in [1.165, 1.54) is 24.3 Å². The first kappa shape index (κ1) is 15.2. The summed E-state index contributed by atoms with van der Waals surface area (Å²) < 4.78 is 22.2. The van der Waals surface area contributed by atoms with E-state index in [1.807, 2.05) is 6.92 Å². The van der Waals surface area contributed by atoms with Crippen molar-refractivity contribution in [2.75, 3.05) is 0 Å². The highest BCUT2D eigenvalue weighted by Gasteiger charge is 2.13. The van der Waals surface area contributed by atoms with Gasteiger partial charge in [0.15, 0.2) is 0 Å². The lowest BCUT2D eigenvalue weighted by Crippen LogP contribution is -2.34. The monoisotopic (exact) mass is 280 g/mol. The minimum absolute atomic E-state index is 0.0280. The molecule has 1 amide bonds. The van der Waals surface area contributed by atoms with Crippen molar-refractivity contribution < 1.29 is 13.2 Å². The summed E-state index contributed by atoms with van der Waals surface area (Å²) in [5.41, 5.74) is 0.364. The van der Waals surface area contributed by atoms with Crippen molar-refractivity contribution in [1.29, 1.82) is 0 Å². The summed E-state index contributed by atoms with van der Waals surface area (Å²) in [4.78, 5) is 11.9. The highest BCUT2D eigenvalue weighted by molar-refractivity contribution is 7.89. The first-order valence-electron chi connectivity index (χ1n) is 5.75. The summed E-state index contributed by atoms with van der Waals surface area (Å²) in [6.45, 7) is 1.92. The van der Waals surface area contributed by atoms with Crippen LogP contribution in [0.4, 0.5) is 0 Å². The number of primary sulfonamides is 1. The average molecular weight is 280 g/mol. The Bertz CT molecular complexity index is 585. The largest absolute Gasteiger partial charge is 0.348 e. The molecule has 1 aromatic rings. The average Bonchev–Trinajstić information content (AvgIpc) is 2.37. The molecule has 0 fully saturated rings. The zero-order valence-electron chi connectivity index (χ0n) is 10.6. The van der Waals surface area contributed by atoms with Gasteiger partial charge in [0.05, 0.1) is 4.90 Å².